The Kier molecular flexibility index (Phi) is 2.25. The second-order valence-corrected chi connectivity index (χ2v) is 5.11. The Hall–Kier alpha value is -0.870. The van der Waals surface area contributed by atoms with Gasteiger partial charge < -0.3 is 9.64 Å². The number of amides is 1. The molecule has 15 heavy (non-hydrogen) atoms. The molecule has 0 saturated carbocycles. The number of hydrogen-bond acceptors (Lipinski definition) is 3. The van der Waals surface area contributed by atoms with Gasteiger partial charge in [-0.05, 0) is 17.9 Å². The predicted octanol–water partition coefficient (Wildman–Crippen LogP) is 1.64. The standard InChI is InChI=1S/C11H13NO2S/c13-11-4-3-9(10-7-14-10)12(11)6-8-2-1-5-15-8/h1-2,5,9-10H,3-4,6-7H2/t9-,10-/m0/s1. The molecule has 0 unspecified atom stereocenters. The van der Waals surface area contributed by atoms with Crippen molar-refractivity contribution in [1.82, 2.24) is 4.90 Å². The van der Waals surface area contributed by atoms with E-state index in [2.05, 4.69) is 11.4 Å². The second kappa shape index (κ2) is 3.61. The Morgan fingerprint density at radius 1 is 1.60 bits per heavy atom. The molecule has 2 saturated heterocycles. The van der Waals surface area contributed by atoms with Crippen LogP contribution in [0.2, 0.25) is 0 Å². The normalized spacial score (nSPS) is 29.9. The lowest BCUT2D eigenvalue weighted by molar-refractivity contribution is -0.129. The molecule has 2 aliphatic heterocycles. The summed E-state index contributed by atoms with van der Waals surface area (Å²) in [6.07, 6.45) is 1.97. The molecule has 0 N–H and O–H groups in total. The maximum absolute atomic E-state index is 11.7. The molecule has 0 aliphatic carbocycles. The van der Waals surface area contributed by atoms with Crippen LogP contribution in [0.5, 0.6) is 0 Å². The molecule has 3 rings (SSSR count). The lowest BCUT2D eigenvalue weighted by Crippen LogP contribution is -2.35. The zero-order valence-electron chi connectivity index (χ0n) is 8.39. The minimum Gasteiger partial charge on any atom is -0.371 e. The fourth-order valence-corrected chi connectivity index (χ4v) is 2.90. The molecule has 0 bridgehead atoms. The Balaban J connectivity index is 1.74. The summed E-state index contributed by atoms with van der Waals surface area (Å²) in [6, 6.07) is 4.45. The van der Waals surface area contributed by atoms with Crippen LogP contribution in [0.3, 0.4) is 0 Å². The second-order valence-electron chi connectivity index (χ2n) is 4.08. The van der Waals surface area contributed by atoms with E-state index in [1.807, 2.05) is 11.0 Å². The molecule has 0 spiro atoms. The first kappa shape index (κ1) is 9.36. The molecule has 0 aromatic carbocycles. The average Bonchev–Trinajstić information content (AvgIpc) is 2.82. The van der Waals surface area contributed by atoms with Crippen LogP contribution in [-0.4, -0.2) is 29.6 Å². The van der Waals surface area contributed by atoms with Crippen LogP contribution in [0.4, 0.5) is 0 Å². The van der Waals surface area contributed by atoms with Gasteiger partial charge in [0.15, 0.2) is 0 Å². The zero-order valence-corrected chi connectivity index (χ0v) is 9.20. The number of likely N-dealkylation sites (tertiary alicyclic amines) is 1. The quantitative estimate of drug-likeness (QED) is 0.730. The third-order valence-electron chi connectivity index (χ3n) is 3.07. The van der Waals surface area contributed by atoms with Crippen LogP contribution >= 0.6 is 11.3 Å². The number of carbonyl (C=O) groups excluding carboxylic acids is 1. The maximum Gasteiger partial charge on any atom is 0.223 e. The molecule has 80 valence electrons. The van der Waals surface area contributed by atoms with E-state index >= 15 is 0 Å². The Morgan fingerprint density at radius 2 is 2.47 bits per heavy atom. The van der Waals surface area contributed by atoms with Crippen molar-refractivity contribution >= 4 is 17.2 Å². The Bertz CT molecular complexity index is 359. The minimum atomic E-state index is 0.281. The van der Waals surface area contributed by atoms with Crippen LogP contribution in [0, 0.1) is 0 Å². The first-order valence-corrected chi connectivity index (χ1v) is 6.16. The lowest BCUT2D eigenvalue weighted by Gasteiger charge is -2.22. The van der Waals surface area contributed by atoms with E-state index in [1.54, 1.807) is 11.3 Å². The smallest absolute Gasteiger partial charge is 0.223 e. The van der Waals surface area contributed by atoms with Crippen molar-refractivity contribution in [2.24, 2.45) is 0 Å². The van der Waals surface area contributed by atoms with Crippen LogP contribution in [0.15, 0.2) is 17.5 Å². The van der Waals surface area contributed by atoms with Gasteiger partial charge in [-0.25, -0.2) is 0 Å². The van der Waals surface area contributed by atoms with Gasteiger partial charge in [-0.15, -0.1) is 11.3 Å². The average molecular weight is 223 g/mol. The zero-order chi connectivity index (χ0) is 10.3. The molecule has 1 aromatic rings. The molecule has 1 amide bonds. The van der Waals surface area contributed by atoms with Crippen molar-refractivity contribution in [3.8, 4) is 0 Å². The van der Waals surface area contributed by atoms with Crippen molar-refractivity contribution in [3.05, 3.63) is 22.4 Å². The van der Waals surface area contributed by atoms with Gasteiger partial charge in [0, 0.05) is 11.3 Å². The molecule has 4 heteroatoms. The van der Waals surface area contributed by atoms with Gasteiger partial charge in [-0.3, -0.25) is 4.79 Å². The number of rotatable bonds is 3. The van der Waals surface area contributed by atoms with Gasteiger partial charge in [0.1, 0.15) is 6.10 Å². The van der Waals surface area contributed by atoms with Gasteiger partial charge in [0.2, 0.25) is 5.91 Å². The molecular weight excluding hydrogens is 210 g/mol. The fraction of sp³-hybridized carbons (Fsp3) is 0.545. The third-order valence-corrected chi connectivity index (χ3v) is 3.93. The predicted molar refractivity (Wildman–Crippen MR) is 57.6 cm³/mol. The first-order chi connectivity index (χ1) is 7.34. The third kappa shape index (κ3) is 1.79. The summed E-state index contributed by atoms with van der Waals surface area (Å²) in [6.45, 7) is 1.60. The molecule has 2 aliphatic rings. The van der Waals surface area contributed by atoms with E-state index in [0.717, 1.165) is 19.6 Å². The van der Waals surface area contributed by atoms with E-state index in [4.69, 9.17) is 4.74 Å². The monoisotopic (exact) mass is 223 g/mol. The molecule has 2 atom stereocenters. The number of epoxide rings is 1. The summed E-state index contributed by atoms with van der Waals surface area (Å²) in [5, 5.41) is 2.05. The summed E-state index contributed by atoms with van der Waals surface area (Å²) in [4.78, 5) is 15.0. The highest BCUT2D eigenvalue weighted by molar-refractivity contribution is 7.09. The number of hydrogen-bond donors (Lipinski definition) is 0. The molecule has 2 fully saturated rings. The Morgan fingerprint density at radius 3 is 3.13 bits per heavy atom. The Labute approximate surface area is 92.6 Å². The molecule has 0 radical (unpaired) electrons. The van der Waals surface area contributed by atoms with Crippen molar-refractivity contribution in [2.75, 3.05) is 6.61 Å². The van der Waals surface area contributed by atoms with E-state index in [-0.39, 0.29) is 5.91 Å². The lowest BCUT2D eigenvalue weighted by atomic mass is 10.1. The molecule has 3 nitrogen and oxygen atoms in total. The highest BCUT2D eigenvalue weighted by atomic mass is 32.1. The van der Waals surface area contributed by atoms with Crippen LogP contribution in [0.1, 0.15) is 17.7 Å². The van der Waals surface area contributed by atoms with E-state index < -0.39 is 0 Å². The summed E-state index contributed by atoms with van der Waals surface area (Å²) < 4.78 is 5.30. The van der Waals surface area contributed by atoms with Gasteiger partial charge in [-0.1, -0.05) is 6.07 Å². The maximum atomic E-state index is 11.7. The van der Waals surface area contributed by atoms with Crippen molar-refractivity contribution in [3.63, 3.8) is 0 Å². The van der Waals surface area contributed by atoms with E-state index in [1.165, 1.54) is 4.88 Å². The highest BCUT2D eigenvalue weighted by Gasteiger charge is 2.42. The summed E-state index contributed by atoms with van der Waals surface area (Å²) in [7, 11) is 0. The van der Waals surface area contributed by atoms with E-state index in [9.17, 15) is 4.79 Å². The van der Waals surface area contributed by atoms with Crippen LogP contribution in [-0.2, 0) is 16.1 Å². The SMILES string of the molecule is O=C1CC[C@@H]([C@@H]2CO2)N1Cc1cccs1. The fourth-order valence-electron chi connectivity index (χ4n) is 2.20. The summed E-state index contributed by atoms with van der Waals surface area (Å²) in [5.41, 5.74) is 0. The topological polar surface area (TPSA) is 32.8 Å². The molecule has 3 heterocycles. The number of thiophene rings is 1. The number of nitrogens with zero attached hydrogens (tertiary/aromatic N) is 1. The van der Waals surface area contributed by atoms with Crippen LogP contribution < -0.4 is 0 Å². The first-order valence-electron chi connectivity index (χ1n) is 5.28. The van der Waals surface area contributed by atoms with Gasteiger partial charge in [0.05, 0.1) is 19.2 Å². The van der Waals surface area contributed by atoms with Crippen molar-refractivity contribution < 1.29 is 9.53 Å². The van der Waals surface area contributed by atoms with Gasteiger partial charge >= 0.3 is 0 Å². The number of carbonyl (C=O) groups is 1. The van der Waals surface area contributed by atoms with Gasteiger partial charge in [0.25, 0.3) is 0 Å². The largest absolute Gasteiger partial charge is 0.371 e. The summed E-state index contributed by atoms with van der Waals surface area (Å²) in [5.74, 6) is 0.281. The number of ether oxygens (including phenoxy) is 1. The highest BCUT2D eigenvalue weighted by Crippen LogP contribution is 2.31. The summed E-state index contributed by atoms with van der Waals surface area (Å²) >= 11 is 1.71. The minimum absolute atomic E-state index is 0.281. The van der Waals surface area contributed by atoms with Crippen molar-refractivity contribution in [1.29, 1.82) is 0 Å². The van der Waals surface area contributed by atoms with E-state index in [0.29, 0.717) is 18.6 Å². The van der Waals surface area contributed by atoms with Crippen molar-refractivity contribution in [2.45, 2.75) is 31.5 Å². The van der Waals surface area contributed by atoms with Crippen LogP contribution in [0.25, 0.3) is 0 Å². The van der Waals surface area contributed by atoms with Gasteiger partial charge in [-0.2, -0.15) is 0 Å². The molecular formula is C11H13NO2S. The molecule has 1 aromatic heterocycles.